The largest absolute Gasteiger partial charge is 0.373 e. The van der Waals surface area contributed by atoms with Crippen LogP contribution < -0.4 is 10.2 Å². The number of likely N-dealkylation sites (N-methyl/N-ethyl adjacent to an activating group) is 1. The van der Waals surface area contributed by atoms with Crippen LogP contribution in [0.5, 0.6) is 0 Å². The van der Waals surface area contributed by atoms with E-state index in [1.807, 2.05) is 13.0 Å². The number of para-hydroxylation sites is 1. The summed E-state index contributed by atoms with van der Waals surface area (Å²) in [6.45, 7) is 5.97. The molecule has 0 radical (unpaired) electrons. The highest BCUT2D eigenvalue weighted by molar-refractivity contribution is 5.55. The van der Waals surface area contributed by atoms with Crippen LogP contribution in [0, 0.1) is 0 Å². The molecular formula is C13H21N3. The van der Waals surface area contributed by atoms with Crippen molar-refractivity contribution < 1.29 is 0 Å². The fraction of sp³-hybridized carbons (Fsp3) is 0.462. The Kier molecular flexibility index (Phi) is 5.40. The summed E-state index contributed by atoms with van der Waals surface area (Å²) >= 11 is 0. The van der Waals surface area contributed by atoms with Crippen LogP contribution in [0.25, 0.3) is 0 Å². The van der Waals surface area contributed by atoms with Crippen LogP contribution in [0.2, 0.25) is 0 Å². The second kappa shape index (κ2) is 6.88. The van der Waals surface area contributed by atoms with Gasteiger partial charge < -0.3 is 10.2 Å². The smallest absolute Gasteiger partial charge is 0.0826 e. The quantitative estimate of drug-likeness (QED) is 0.586. The lowest BCUT2D eigenvalue weighted by Crippen LogP contribution is -2.36. The van der Waals surface area contributed by atoms with E-state index in [0.717, 1.165) is 13.1 Å². The summed E-state index contributed by atoms with van der Waals surface area (Å²) in [5.41, 5.74) is 1.24. The Morgan fingerprint density at radius 1 is 1.38 bits per heavy atom. The monoisotopic (exact) mass is 219 g/mol. The van der Waals surface area contributed by atoms with Crippen molar-refractivity contribution in [3.8, 4) is 0 Å². The fourth-order valence-corrected chi connectivity index (χ4v) is 1.52. The minimum atomic E-state index is 0.389. The molecule has 1 aromatic rings. The van der Waals surface area contributed by atoms with Crippen molar-refractivity contribution in [2.45, 2.75) is 19.9 Å². The molecule has 1 aromatic carbocycles. The highest BCUT2D eigenvalue weighted by Gasteiger charge is 2.04. The molecule has 0 amide bonds. The summed E-state index contributed by atoms with van der Waals surface area (Å²) < 4.78 is 0. The van der Waals surface area contributed by atoms with Gasteiger partial charge in [0.25, 0.3) is 0 Å². The third-order valence-electron chi connectivity index (χ3n) is 2.38. The van der Waals surface area contributed by atoms with E-state index in [4.69, 9.17) is 0 Å². The summed E-state index contributed by atoms with van der Waals surface area (Å²) in [4.78, 5) is 6.37. The molecular weight excluding hydrogens is 198 g/mol. The molecule has 3 nitrogen and oxygen atoms in total. The molecule has 0 fully saturated rings. The predicted octanol–water partition coefficient (Wildman–Crippen LogP) is 2.15. The Hall–Kier alpha value is -1.51. The first-order valence-corrected chi connectivity index (χ1v) is 5.74. The second-order valence-electron chi connectivity index (χ2n) is 3.91. The van der Waals surface area contributed by atoms with E-state index in [1.165, 1.54) is 5.69 Å². The Morgan fingerprint density at radius 3 is 2.69 bits per heavy atom. The Morgan fingerprint density at radius 2 is 2.06 bits per heavy atom. The molecule has 0 aliphatic rings. The molecule has 0 saturated carbocycles. The summed E-state index contributed by atoms with van der Waals surface area (Å²) in [5, 5.41) is 3.25. The van der Waals surface area contributed by atoms with Crippen LogP contribution in [-0.4, -0.2) is 32.5 Å². The number of anilines is 1. The fourth-order valence-electron chi connectivity index (χ4n) is 1.52. The third-order valence-corrected chi connectivity index (χ3v) is 2.38. The van der Waals surface area contributed by atoms with Gasteiger partial charge in [0.1, 0.15) is 0 Å². The van der Waals surface area contributed by atoms with Crippen LogP contribution in [0.1, 0.15) is 13.8 Å². The lowest BCUT2D eigenvalue weighted by molar-refractivity contribution is 0.657. The van der Waals surface area contributed by atoms with Crippen LogP contribution in [0.4, 0.5) is 5.69 Å². The zero-order chi connectivity index (χ0) is 11.8. The van der Waals surface area contributed by atoms with Gasteiger partial charge in [-0.2, -0.15) is 0 Å². The van der Waals surface area contributed by atoms with Crippen molar-refractivity contribution >= 4 is 12.0 Å². The van der Waals surface area contributed by atoms with Gasteiger partial charge >= 0.3 is 0 Å². The normalized spacial score (nSPS) is 12.7. The second-order valence-corrected chi connectivity index (χ2v) is 3.91. The zero-order valence-corrected chi connectivity index (χ0v) is 10.4. The van der Waals surface area contributed by atoms with Gasteiger partial charge in [-0.25, -0.2) is 0 Å². The van der Waals surface area contributed by atoms with Crippen molar-refractivity contribution in [3.05, 3.63) is 30.3 Å². The standard InChI is InChI=1S/C13H21N3/c1-4-14-11-15-12(2)10-16(3)13-8-6-5-7-9-13/h5-9,11-12H,4,10H2,1-3H3,(H,14,15). The highest BCUT2D eigenvalue weighted by atomic mass is 15.1. The SMILES string of the molecule is CCN=CNC(C)CN(C)c1ccccc1. The minimum Gasteiger partial charge on any atom is -0.373 e. The van der Waals surface area contributed by atoms with Crippen LogP contribution in [0.3, 0.4) is 0 Å². The first kappa shape index (κ1) is 12.6. The number of aliphatic imine (C=N–C) groups is 1. The van der Waals surface area contributed by atoms with Gasteiger partial charge in [0, 0.05) is 31.9 Å². The van der Waals surface area contributed by atoms with Gasteiger partial charge in [-0.15, -0.1) is 0 Å². The Labute approximate surface area is 98.2 Å². The van der Waals surface area contributed by atoms with Gasteiger partial charge in [-0.3, -0.25) is 4.99 Å². The van der Waals surface area contributed by atoms with Crippen molar-refractivity contribution in [1.29, 1.82) is 0 Å². The first-order chi connectivity index (χ1) is 7.74. The molecule has 16 heavy (non-hydrogen) atoms. The molecule has 0 saturated heterocycles. The van der Waals surface area contributed by atoms with Gasteiger partial charge in [0.15, 0.2) is 0 Å². The molecule has 0 spiro atoms. The van der Waals surface area contributed by atoms with Crippen molar-refractivity contribution in [2.24, 2.45) is 4.99 Å². The van der Waals surface area contributed by atoms with Gasteiger partial charge in [-0.05, 0) is 26.0 Å². The molecule has 1 atom stereocenters. The molecule has 1 N–H and O–H groups in total. The summed E-state index contributed by atoms with van der Waals surface area (Å²) in [5.74, 6) is 0. The minimum absolute atomic E-state index is 0.389. The molecule has 0 bridgehead atoms. The summed E-state index contributed by atoms with van der Waals surface area (Å²) in [7, 11) is 2.10. The number of nitrogens with one attached hydrogen (secondary N) is 1. The molecule has 0 aliphatic carbocycles. The van der Waals surface area contributed by atoms with E-state index in [9.17, 15) is 0 Å². The summed E-state index contributed by atoms with van der Waals surface area (Å²) in [6.07, 6.45) is 1.80. The van der Waals surface area contributed by atoms with Gasteiger partial charge in [0.2, 0.25) is 0 Å². The number of hydrogen-bond donors (Lipinski definition) is 1. The maximum absolute atomic E-state index is 4.14. The van der Waals surface area contributed by atoms with Gasteiger partial charge in [0.05, 0.1) is 6.34 Å². The van der Waals surface area contributed by atoms with Crippen LogP contribution in [-0.2, 0) is 0 Å². The average Bonchev–Trinajstić information content (AvgIpc) is 2.30. The first-order valence-electron chi connectivity index (χ1n) is 5.74. The molecule has 88 valence electrons. The number of rotatable bonds is 6. The number of nitrogens with zero attached hydrogens (tertiary/aromatic N) is 2. The topological polar surface area (TPSA) is 27.6 Å². The average molecular weight is 219 g/mol. The van der Waals surface area contributed by atoms with E-state index >= 15 is 0 Å². The van der Waals surface area contributed by atoms with Crippen LogP contribution in [0.15, 0.2) is 35.3 Å². The van der Waals surface area contributed by atoms with E-state index in [2.05, 4.69) is 53.4 Å². The molecule has 0 aromatic heterocycles. The third kappa shape index (κ3) is 4.34. The number of hydrogen-bond acceptors (Lipinski definition) is 2. The van der Waals surface area contributed by atoms with Crippen molar-refractivity contribution in [1.82, 2.24) is 5.32 Å². The maximum atomic E-state index is 4.14. The van der Waals surface area contributed by atoms with Gasteiger partial charge in [-0.1, -0.05) is 18.2 Å². The van der Waals surface area contributed by atoms with E-state index < -0.39 is 0 Å². The zero-order valence-electron chi connectivity index (χ0n) is 10.4. The predicted molar refractivity (Wildman–Crippen MR) is 71.3 cm³/mol. The Bertz CT molecular complexity index is 308. The lowest BCUT2D eigenvalue weighted by Gasteiger charge is -2.23. The molecule has 0 heterocycles. The van der Waals surface area contributed by atoms with E-state index in [-0.39, 0.29) is 0 Å². The van der Waals surface area contributed by atoms with E-state index in [0.29, 0.717) is 6.04 Å². The maximum Gasteiger partial charge on any atom is 0.0826 e. The molecule has 3 heteroatoms. The lowest BCUT2D eigenvalue weighted by atomic mass is 10.2. The number of benzene rings is 1. The van der Waals surface area contributed by atoms with Crippen molar-refractivity contribution in [3.63, 3.8) is 0 Å². The molecule has 1 unspecified atom stereocenters. The highest BCUT2D eigenvalue weighted by Crippen LogP contribution is 2.10. The van der Waals surface area contributed by atoms with Crippen molar-refractivity contribution in [2.75, 3.05) is 25.0 Å². The van der Waals surface area contributed by atoms with E-state index in [1.54, 1.807) is 6.34 Å². The molecule has 0 aliphatic heterocycles. The van der Waals surface area contributed by atoms with Crippen LogP contribution >= 0.6 is 0 Å². The summed E-state index contributed by atoms with van der Waals surface area (Å²) in [6, 6.07) is 10.8. The molecule has 1 rings (SSSR count). The Balaban J connectivity index is 2.39.